The molecule has 46 heavy (non-hydrogen) atoms. The minimum atomic E-state index is -1.02. The Bertz CT molecular complexity index is 924. The number of esters is 3. The minimum absolute atomic E-state index is 0.116. The van der Waals surface area contributed by atoms with Gasteiger partial charge in [-0.05, 0) is 66.2 Å². The molecule has 0 aromatic heterocycles. The minimum Gasteiger partial charge on any atom is -0.481 e. The lowest BCUT2D eigenvalue weighted by atomic mass is 9.90. The van der Waals surface area contributed by atoms with E-state index in [1.807, 2.05) is 69.2 Å². The highest BCUT2D eigenvalue weighted by Crippen LogP contribution is 2.22. The number of carboxylic acid groups (broad SMARTS) is 2. The first-order valence-corrected chi connectivity index (χ1v) is 15.9. The molecule has 270 valence electrons. The second kappa shape index (κ2) is 26.7. The number of hydrogen-bond acceptors (Lipinski definition) is 9. The monoisotopic (exact) mass is 661 g/mol. The number of carbonyl (C=O) groups excluding carboxylic acids is 4. The number of unbranched alkanes of at least 4 members (excludes halogenated alkanes) is 1. The lowest BCUT2D eigenvalue weighted by Crippen LogP contribution is -2.30. The molecule has 0 aliphatic carbocycles. The van der Waals surface area contributed by atoms with Crippen molar-refractivity contribution in [2.24, 2.45) is 27.9 Å². The van der Waals surface area contributed by atoms with Crippen LogP contribution < -0.4 is 5.73 Å². The fourth-order valence-electron chi connectivity index (χ4n) is 2.00. The van der Waals surface area contributed by atoms with E-state index in [9.17, 15) is 28.8 Å². The third-order valence-corrected chi connectivity index (χ3v) is 7.37. The molecule has 4 N–H and O–H groups in total. The average molecular weight is 662 g/mol. The fraction of sp³-hybridized carbons (Fsp3) is 0.765. The molecule has 0 bridgehead atoms. The quantitative estimate of drug-likeness (QED) is 0.0642. The maximum Gasteiger partial charge on any atom is 0.311 e. The fourth-order valence-corrected chi connectivity index (χ4v) is 2.00. The van der Waals surface area contributed by atoms with Crippen LogP contribution in [0.4, 0.5) is 0 Å². The lowest BCUT2D eigenvalue weighted by Gasteiger charge is -2.20. The predicted octanol–water partition coefficient (Wildman–Crippen LogP) is 6.33. The van der Waals surface area contributed by atoms with Crippen LogP contribution in [0.3, 0.4) is 0 Å². The Kier molecular flexibility index (Phi) is 28.7. The molecule has 0 aromatic rings. The highest BCUT2D eigenvalue weighted by molar-refractivity contribution is 5.79. The summed E-state index contributed by atoms with van der Waals surface area (Å²) in [7, 11) is 0. The summed E-state index contributed by atoms with van der Waals surface area (Å²) in [6.45, 7) is 24.8. The summed E-state index contributed by atoms with van der Waals surface area (Å²) in [6, 6.07) is 0. The third-order valence-electron chi connectivity index (χ3n) is 7.37. The Morgan fingerprint density at radius 1 is 0.717 bits per heavy atom. The SMILES string of the molecule is C=CCOC(=O)C(C)(C)CC.CCC(C)(C)C(=O)OCCCCOC(=O)CCC(=O)O.CCC(C)(C)C(N)=O.CCC(C)C(=O)O. The molecular weight excluding hydrogens is 598 g/mol. The van der Waals surface area contributed by atoms with E-state index in [0.29, 0.717) is 32.5 Å². The van der Waals surface area contributed by atoms with Gasteiger partial charge in [0.15, 0.2) is 0 Å². The first kappa shape index (κ1) is 49.4. The van der Waals surface area contributed by atoms with Crippen LogP contribution in [0, 0.1) is 22.2 Å². The Labute approximate surface area is 276 Å². The van der Waals surface area contributed by atoms with Crippen molar-refractivity contribution in [3.05, 3.63) is 12.7 Å². The maximum atomic E-state index is 11.6. The van der Waals surface area contributed by atoms with Gasteiger partial charge in [-0.2, -0.15) is 0 Å². The number of amides is 1. The van der Waals surface area contributed by atoms with E-state index < -0.39 is 23.3 Å². The lowest BCUT2D eigenvalue weighted by molar-refractivity contribution is -0.155. The van der Waals surface area contributed by atoms with Crippen LogP contribution >= 0.6 is 0 Å². The van der Waals surface area contributed by atoms with Crippen LogP contribution in [0.1, 0.15) is 128 Å². The molecule has 1 unspecified atom stereocenters. The van der Waals surface area contributed by atoms with Gasteiger partial charge in [0, 0.05) is 5.41 Å². The van der Waals surface area contributed by atoms with E-state index >= 15 is 0 Å². The highest BCUT2D eigenvalue weighted by atomic mass is 16.5. The van der Waals surface area contributed by atoms with Gasteiger partial charge in [0.1, 0.15) is 6.61 Å². The number of ether oxygens (including phenoxy) is 3. The molecule has 0 radical (unpaired) electrons. The smallest absolute Gasteiger partial charge is 0.311 e. The molecule has 0 aromatic carbocycles. The van der Waals surface area contributed by atoms with Gasteiger partial charge in [-0.15, -0.1) is 0 Å². The van der Waals surface area contributed by atoms with Crippen molar-refractivity contribution in [2.45, 2.75) is 128 Å². The Morgan fingerprint density at radius 2 is 1.13 bits per heavy atom. The Hall–Kier alpha value is -3.44. The number of carbonyl (C=O) groups is 6. The van der Waals surface area contributed by atoms with Crippen LogP contribution in [-0.4, -0.2) is 65.8 Å². The zero-order valence-electron chi connectivity index (χ0n) is 30.3. The number of aliphatic carboxylic acids is 2. The number of hydrogen-bond donors (Lipinski definition) is 3. The Balaban J connectivity index is -0.000000284. The van der Waals surface area contributed by atoms with Crippen LogP contribution in [0.15, 0.2) is 12.7 Å². The second-order valence-electron chi connectivity index (χ2n) is 12.6. The number of carboxylic acids is 2. The third kappa shape index (κ3) is 28.1. The number of nitrogens with two attached hydrogens (primary N) is 1. The molecule has 0 aliphatic rings. The van der Waals surface area contributed by atoms with Crippen molar-refractivity contribution >= 4 is 35.8 Å². The van der Waals surface area contributed by atoms with E-state index in [-0.39, 0.29) is 54.0 Å². The summed E-state index contributed by atoms with van der Waals surface area (Å²) in [5.74, 6) is -3.02. The molecule has 0 fully saturated rings. The molecule has 1 atom stereocenters. The van der Waals surface area contributed by atoms with Crippen molar-refractivity contribution in [1.82, 2.24) is 0 Å². The average Bonchev–Trinajstić information content (AvgIpc) is 3.00. The molecule has 0 heterocycles. The van der Waals surface area contributed by atoms with Crippen molar-refractivity contribution in [3.63, 3.8) is 0 Å². The largest absolute Gasteiger partial charge is 0.481 e. The molecule has 0 rings (SSSR count). The van der Waals surface area contributed by atoms with Crippen LogP contribution in [-0.2, 0) is 43.0 Å². The predicted molar refractivity (Wildman–Crippen MR) is 178 cm³/mol. The summed E-state index contributed by atoms with van der Waals surface area (Å²) in [5, 5.41) is 16.6. The van der Waals surface area contributed by atoms with Gasteiger partial charge in [-0.1, -0.05) is 61.1 Å². The summed E-state index contributed by atoms with van der Waals surface area (Å²) >= 11 is 0. The van der Waals surface area contributed by atoms with Gasteiger partial charge in [0.05, 0.1) is 42.8 Å². The summed E-state index contributed by atoms with van der Waals surface area (Å²) in [5.41, 5.74) is 3.90. The van der Waals surface area contributed by atoms with E-state index in [4.69, 9.17) is 30.2 Å². The van der Waals surface area contributed by atoms with Gasteiger partial charge < -0.3 is 30.2 Å². The zero-order chi connectivity index (χ0) is 37.1. The van der Waals surface area contributed by atoms with Gasteiger partial charge in [0.25, 0.3) is 0 Å². The normalized spacial score (nSPS) is 11.4. The molecule has 0 spiro atoms. The van der Waals surface area contributed by atoms with E-state index in [0.717, 1.165) is 19.3 Å². The molecule has 12 heteroatoms. The first-order valence-electron chi connectivity index (χ1n) is 15.9. The van der Waals surface area contributed by atoms with E-state index in [2.05, 4.69) is 6.58 Å². The molecular formula is C34H63NO11. The molecule has 0 aliphatic heterocycles. The van der Waals surface area contributed by atoms with Gasteiger partial charge >= 0.3 is 29.8 Å². The number of primary amides is 1. The van der Waals surface area contributed by atoms with E-state index in [1.54, 1.807) is 13.0 Å². The van der Waals surface area contributed by atoms with Gasteiger partial charge in [0.2, 0.25) is 5.91 Å². The van der Waals surface area contributed by atoms with Gasteiger partial charge in [-0.3, -0.25) is 28.8 Å². The topological polar surface area (TPSA) is 197 Å². The van der Waals surface area contributed by atoms with E-state index in [1.165, 1.54) is 0 Å². The van der Waals surface area contributed by atoms with Crippen LogP contribution in [0.25, 0.3) is 0 Å². The summed E-state index contributed by atoms with van der Waals surface area (Å²) in [4.78, 5) is 64.5. The zero-order valence-corrected chi connectivity index (χ0v) is 30.3. The molecule has 1 amide bonds. The highest BCUT2D eigenvalue weighted by Gasteiger charge is 2.27. The van der Waals surface area contributed by atoms with Crippen molar-refractivity contribution in [1.29, 1.82) is 0 Å². The molecule has 12 nitrogen and oxygen atoms in total. The second-order valence-corrected chi connectivity index (χ2v) is 12.6. The van der Waals surface area contributed by atoms with Crippen molar-refractivity contribution in [3.8, 4) is 0 Å². The number of rotatable bonds is 18. The maximum absolute atomic E-state index is 11.6. The van der Waals surface area contributed by atoms with Crippen LogP contribution in [0.2, 0.25) is 0 Å². The van der Waals surface area contributed by atoms with Gasteiger partial charge in [-0.25, -0.2) is 0 Å². The first-order chi connectivity index (χ1) is 21.0. The molecule has 0 saturated carbocycles. The standard InChI is InChI=1S/C14H24O6.C9H16O2.C6H13NO.C5H10O2/c1-4-14(2,3)13(18)20-10-6-5-9-19-12(17)8-7-11(15)16;1-5-7-11-8(10)9(3,4)6-2;1-4-6(2,3)5(7)8;1-3-4(2)5(6)7/h4-10H2,1-3H3,(H,15,16);5H,1,6-7H2,2-4H3;4H2,1-3H3,(H2,7,8);4H,3H2,1-2H3,(H,6,7). The van der Waals surface area contributed by atoms with Crippen molar-refractivity contribution in [2.75, 3.05) is 19.8 Å². The summed E-state index contributed by atoms with van der Waals surface area (Å²) in [6.07, 6.45) is 5.46. The Morgan fingerprint density at radius 3 is 1.41 bits per heavy atom. The van der Waals surface area contributed by atoms with Crippen LogP contribution in [0.5, 0.6) is 0 Å². The molecule has 0 saturated heterocycles. The summed E-state index contributed by atoms with van der Waals surface area (Å²) < 4.78 is 14.9. The van der Waals surface area contributed by atoms with Crippen molar-refractivity contribution < 1.29 is 53.2 Å².